The van der Waals surface area contributed by atoms with Gasteiger partial charge < -0.3 is 0 Å². The van der Waals surface area contributed by atoms with Gasteiger partial charge in [0.25, 0.3) is 0 Å². The first-order valence-electron chi connectivity index (χ1n) is 3.93. The van der Waals surface area contributed by atoms with Crippen LogP contribution in [-0.2, 0) is 0 Å². The van der Waals surface area contributed by atoms with Crippen molar-refractivity contribution in [2.24, 2.45) is 5.92 Å². The van der Waals surface area contributed by atoms with Gasteiger partial charge in [-0.2, -0.15) is 0 Å². The van der Waals surface area contributed by atoms with E-state index in [2.05, 4.69) is 0 Å². The van der Waals surface area contributed by atoms with Gasteiger partial charge in [-0.1, -0.05) is 0 Å². The van der Waals surface area contributed by atoms with Gasteiger partial charge in [-0.05, 0) is 0 Å². The zero-order valence-electron chi connectivity index (χ0n) is 5.82. The topological polar surface area (TPSA) is 0 Å². The third-order valence-electron chi connectivity index (χ3n) is 2.30. The number of hydrogen-bond acceptors (Lipinski definition) is 0. The van der Waals surface area contributed by atoms with Crippen molar-refractivity contribution in [3.8, 4) is 0 Å². The summed E-state index contributed by atoms with van der Waals surface area (Å²) in [5.74, 6) is 1.15. The van der Waals surface area contributed by atoms with Crippen LogP contribution in [0.3, 0.4) is 0 Å². The van der Waals surface area contributed by atoms with E-state index in [0.29, 0.717) is 0 Å². The van der Waals surface area contributed by atoms with Crippen LogP contribution in [0.5, 0.6) is 0 Å². The molecule has 0 radical (unpaired) electrons. The second kappa shape index (κ2) is 3.92. The van der Waals surface area contributed by atoms with Crippen molar-refractivity contribution in [1.29, 1.82) is 0 Å². The molecule has 8 heavy (non-hydrogen) atoms. The molecule has 0 N–H and O–H groups in total. The van der Waals surface area contributed by atoms with E-state index in [-0.39, 0.29) is 0 Å². The van der Waals surface area contributed by atoms with Gasteiger partial charge in [0.1, 0.15) is 0 Å². The van der Waals surface area contributed by atoms with Crippen LogP contribution in [0.2, 0.25) is 3.67 Å². The van der Waals surface area contributed by atoms with E-state index in [1.807, 2.05) is 0 Å². The zero-order valence-corrected chi connectivity index (χ0v) is 7.82. The molecule has 1 saturated carbocycles. The maximum absolute atomic E-state index is 1.56. The van der Waals surface area contributed by atoms with Crippen molar-refractivity contribution in [1.82, 2.24) is 0 Å². The van der Waals surface area contributed by atoms with Gasteiger partial charge in [0.05, 0.1) is 0 Å². The van der Waals surface area contributed by atoms with E-state index in [0.717, 1.165) is 5.92 Å². The van der Waals surface area contributed by atoms with Crippen molar-refractivity contribution < 1.29 is 0 Å². The van der Waals surface area contributed by atoms with E-state index in [4.69, 9.17) is 0 Å². The van der Waals surface area contributed by atoms with Gasteiger partial charge in [0.2, 0.25) is 0 Å². The first kappa shape index (κ1) is 7.11. The summed E-state index contributed by atoms with van der Waals surface area (Å²) < 4.78 is 1.56. The van der Waals surface area contributed by atoms with Crippen LogP contribution in [0.1, 0.15) is 32.1 Å². The van der Waals surface area contributed by atoms with Crippen molar-refractivity contribution in [3.63, 3.8) is 0 Å². The molecule has 0 spiro atoms. The van der Waals surface area contributed by atoms with Gasteiger partial charge in [0, 0.05) is 0 Å². The van der Waals surface area contributed by atoms with Crippen LogP contribution >= 0.6 is 0 Å². The summed E-state index contributed by atoms with van der Waals surface area (Å²) in [6.45, 7) is 0. The van der Waals surface area contributed by atoms with E-state index < -0.39 is 0 Å². The van der Waals surface area contributed by atoms with Gasteiger partial charge in [0.15, 0.2) is 0 Å². The third kappa shape index (κ3) is 2.08. The Balaban J connectivity index is 2.13. The van der Waals surface area contributed by atoms with Crippen LogP contribution in [0.25, 0.3) is 0 Å². The molecule has 1 fully saturated rings. The van der Waals surface area contributed by atoms with Crippen molar-refractivity contribution >= 4 is 27.9 Å². The Morgan fingerprint density at radius 3 is 2.12 bits per heavy atom. The average molecular weight is 120 g/mol. The van der Waals surface area contributed by atoms with E-state index in [1.165, 1.54) is 47.2 Å². The second-order valence-electron chi connectivity index (χ2n) is 2.91. The molecule has 0 nitrogen and oxygen atoms in total. The molecule has 0 bridgehead atoms. The zero-order chi connectivity index (χ0) is 5.82. The normalized spacial score (nSPS) is 23.8. The molecule has 0 aromatic rings. The minimum atomic E-state index is 1.15. The predicted molar refractivity (Wildman–Crippen MR) is 37.1 cm³/mol. The Morgan fingerprint density at radius 1 is 1.12 bits per heavy atom. The molecule has 1 heteroatoms. The Morgan fingerprint density at radius 2 is 1.75 bits per heavy atom. The first-order valence-corrected chi connectivity index (χ1v) is 5.35. The fraction of sp³-hybridized carbons (Fsp3) is 1.00. The Kier molecular flexibility index (Phi) is 3.48. The molecule has 0 aromatic carbocycles. The first-order chi connectivity index (χ1) is 3.93. The van der Waals surface area contributed by atoms with Crippen LogP contribution in [-0.4, -0.2) is 27.9 Å². The Bertz CT molecular complexity index is 55.4. The molecule has 0 amide bonds. The summed E-state index contributed by atoms with van der Waals surface area (Å²) in [4.78, 5) is 0. The average Bonchev–Trinajstić information content (AvgIpc) is 1.90. The quantitative estimate of drug-likeness (QED) is 0.465. The molecular weight excluding hydrogens is 107 g/mol. The van der Waals surface area contributed by atoms with Gasteiger partial charge >= 0.3 is 69.6 Å². The van der Waals surface area contributed by atoms with Gasteiger partial charge in [-0.3, -0.25) is 0 Å². The van der Waals surface area contributed by atoms with Crippen LogP contribution < -0.4 is 0 Å². The molecule has 0 aromatic heterocycles. The Labute approximate surface area is 69.5 Å². The molecule has 0 heterocycles. The summed E-state index contributed by atoms with van der Waals surface area (Å²) in [5, 5.41) is 0. The van der Waals surface area contributed by atoms with Crippen molar-refractivity contribution in [2.75, 3.05) is 0 Å². The number of rotatable bonds is 1. The van der Waals surface area contributed by atoms with Crippen LogP contribution in [0, 0.1) is 5.92 Å². The Hall–Kier alpha value is 1.00. The molecule has 1 aliphatic rings. The fourth-order valence-electron chi connectivity index (χ4n) is 1.60. The summed E-state index contributed by atoms with van der Waals surface area (Å²) in [6, 6.07) is 0. The van der Waals surface area contributed by atoms with E-state index in [9.17, 15) is 0 Å². The molecule has 1 rings (SSSR count). The molecule has 42 valence electrons. The fourth-order valence-corrected chi connectivity index (χ4v) is 2.41. The summed E-state index contributed by atoms with van der Waals surface area (Å²) >= 11 is 1.43. The molecule has 0 unspecified atom stereocenters. The molecule has 0 aliphatic heterocycles. The molecule has 1 aliphatic carbocycles. The molecular formula is C7H13Na. The summed E-state index contributed by atoms with van der Waals surface area (Å²) in [7, 11) is 0. The number of hydrogen-bond donors (Lipinski definition) is 0. The SMILES string of the molecule is [Na][CH2]C1CCCCC1. The van der Waals surface area contributed by atoms with Gasteiger partial charge in [-0.25, -0.2) is 0 Å². The monoisotopic (exact) mass is 120 g/mol. The van der Waals surface area contributed by atoms with E-state index in [1.54, 1.807) is 16.5 Å². The molecule has 0 atom stereocenters. The van der Waals surface area contributed by atoms with Crippen molar-refractivity contribution in [3.05, 3.63) is 0 Å². The standard InChI is InChI=1S/C7H13.Na/c1-7-5-3-2-4-6-7;/h7H,1-6H2;. The molecule has 0 saturated heterocycles. The minimum absolute atomic E-state index is 1.15. The van der Waals surface area contributed by atoms with Crippen LogP contribution in [0.4, 0.5) is 0 Å². The summed E-state index contributed by atoms with van der Waals surface area (Å²) in [6.07, 6.45) is 7.64. The van der Waals surface area contributed by atoms with Crippen molar-refractivity contribution in [2.45, 2.75) is 35.8 Å². The third-order valence-corrected chi connectivity index (χ3v) is 3.46. The van der Waals surface area contributed by atoms with Gasteiger partial charge in [-0.15, -0.1) is 0 Å². The van der Waals surface area contributed by atoms with Crippen LogP contribution in [0.15, 0.2) is 0 Å². The van der Waals surface area contributed by atoms with E-state index >= 15 is 0 Å². The predicted octanol–water partition coefficient (Wildman–Crippen LogP) is 2.15. The maximum atomic E-state index is 1.56. The second-order valence-corrected chi connectivity index (χ2v) is 3.73. The summed E-state index contributed by atoms with van der Waals surface area (Å²) in [5.41, 5.74) is 0.